The fourth-order valence-corrected chi connectivity index (χ4v) is 2.23. The minimum atomic E-state index is -2.95. The van der Waals surface area contributed by atoms with Crippen LogP contribution in [0.15, 0.2) is 24.3 Å². The third kappa shape index (κ3) is 3.48. The Labute approximate surface area is 120 Å². The molecule has 1 fully saturated rings. The van der Waals surface area contributed by atoms with Crippen LogP contribution in [0, 0.1) is 0 Å². The van der Waals surface area contributed by atoms with E-state index in [1.807, 2.05) is 6.92 Å². The van der Waals surface area contributed by atoms with Crippen LogP contribution in [0.25, 0.3) is 0 Å². The quantitative estimate of drug-likeness (QED) is 0.818. The first-order valence-corrected chi connectivity index (χ1v) is 6.67. The van der Waals surface area contributed by atoms with Crippen LogP contribution in [-0.4, -0.2) is 35.9 Å². The van der Waals surface area contributed by atoms with E-state index in [0.717, 1.165) is 0 Å². The largest absolute Gasteiger partial charge is 0.433 e. The predicted molar refractivity (Wildman–Crippen MR) is 72.1 cm³/mol. The van der Waals surface area contributed by atoms with Gasteiger partial charge >= 0.3 is 6.61 Å². The van der Waals surface area contributed by atoms with Crippen molar-refractivity contribution in [1.82, 2.24) is 4.90 Å². The molecule has 1 aliphatic heterocycles. The maximum Gasteiger partial charge on any atom is 0.387 e. The van der Waals surface area contributed by atoms with Gasteiger partial charge in [-0.3, -0.25) is 14.5 Å². The highest BCUT2D eigenvalue weighted by Crippen LogP contribution is 2.28. The molecular weight excluding hydrogens is 282 g/mol. The van der Waals surface area contributed by atoms with Crippen molar-refractivity contribution >= 4 is 17.5 Å². The third-order valence-electron chi connectivity index (χ3n) is 3.12. The summed E-state index contributed by atoms with van der Waals surface area (Å²) < 4.78 is 29.1. The molecule has 114 valence electrons. The van der Waals surface area contributed by atoms with E-state index >= 15 is 0 Å². The molecule has 0 aromatic heterocycles. The first kappa shape index (κ1) is 15.2. The Morgan fingerprint density at radius 2 is 2.10 bits per heavy atom. The summed E-state index contributed by atoms with van der Waals surface area (Å²) in [5, 5.41) is 2.81. The second-order valence-corrected chi connectivity index (χ2v) is 4.66. The van der Waals surface area contributed by atoms with Crippen LogP contribution in [0.4, 0.5) is 14.5 Å². The molecule has 7 heteroatoms. The van der Waals surface area contributed by atoms with Gasteiger partial charge in [0.1, 0.15) is 11.8 Å². The van der Waals surface area contributed by atoms with Crippen molar-refractivity contribution in [3.8, 4) is 5.75 Å². The number of carbonyl (C=O) groups excluding carboxylic acids is 2. The predicted octanol–water partition coefficient (Wildman–Crippen LogP) is 2.24. The van der Waals surface area contributed by atoms with Crippen LogP contribution in [0.5, 0.6) is 5.75 Å². The number of hydrogen-bond donors (Lipinski definition) is 1. The number of alkyl halides is 2. The van der Waals surface area contributed by atoms with E-state index in [4.69, 9.17) is 0 Å². The van der Waals surface area contributed by atoms with E-state index in [0.29, 0.717) is 13.0 Å². The van der Waals surface area contributed by atoms with Crippen LogP contribution >= 0.6 is 0 Å². The Morgan fingerprint density at radius 3 is 2.76 bits per heavy atom. The molecule has 1 aromatic carbocycles. The summed E-state index contributed by atoms with van der Waals surface area (Å²) in [5.41, 5.74) is 0.266. The fourth-order valence-electron chi connectivity index (χ4n) is 2.23. The molecule has 2 rings (SSSR count). The number of carbonyl (C=O) groups is 2. The second kappa shape index (κ2) is 6.51. The normalized spacial score (nSPS) is 18.5. The van der Waals surface area contributed by atoms with Crippen molar-refractivity contribution in [2.75, 3.05) is 11.9 Å². The number of ether oxygens (including phenoxy) is 1. The van der Waals surface area contributed by atoms with E-state index < -0.39 is 12.7 Å². The number of hydrogen-bond acceptors (Lipinski definition) is 4. The molecule has 1 heterocycles. The summed E-state index contributed by atoms with van der Waals surface area (Å²) in [6.45, 7) is -0.719. The van der Waals surface area contributed by atoms with Gasteiger partial charge in [0.25, 0.3) is 5.91 Å². The molecule has 0 bridgehead atoms. The average Bonchev–Trinajstić information content (AvgIpc) is 2.69. The molecule has 1 aliphatic rings. The van der Waals surface area contributed by atoms with Crippen molar-refractivity contribution < 1.29 is 23.1 Å². The lowest BCUT2D eigenvalue weighted by Gasteiger charge is -2.17. The number of likely N-dealkylation sites (tertiary alicyclic amines) is 1. The summed E-state index contributed by atoms with van der Waals surface area (Å²) in [6, 6.07) is 5.34. The molecule has 2 amide bonds. The van der Waals surface area contributed by atoms with Crippen LogP contribution < -0.4 is 10.1 Å². The highest BCUT2D eigenvalue weighted by molar-refractivity contribution is 6.06. The zero-order valence-electron chi connectivity index (χ0n) is 11.5. The Bertz CT molecular complexity index is 537. The fraction of sp³-hybridized carbons (Fsp3) is 0.429. The Kier molecular flexibility index (Phi) is 4.72. The number of imide groups is 1. The zero-order chi connectivity index (χ0) is 15.4. The molecule has 0 aliphatic carbocycles. The second-order valence-electron chi connectivity index (χ2n) is 4.66. The van der Waals surface area contributed by atoms with E-state index in [-0.39, 0.29) is 29.7 Å². The monoisotopic (exact) mass is 298 g/mol. The van der Waals surface area contributed by atoms with Gasteiger partial charge in [-0.15, -0.1) is 0 Å². The molecule has 5 nitrogen and oxygen atoms in total. The summed E-state index contributed by atoms with van der Waals surface area (Å²) in [7, 11) is 0. The number of anilines is 1. The summed E-state index contributed by atoms with van der Waals surface area (Å²) >= 11 is 0. The third-order valence-corrected chi connectivity index (χ3v) is 3.12. The summed E-state index contributed by atoms with van der Waals surface area (Å²) in [6.07, 6.45) is 0.692. The smallest absolute Gasteiger partial charge is 0.387 e. The number of nitrogens with zero attached hydrogens (tertiary/aromatic N) is 1. The molecule has 1 atom stereocenters. The number of rotatable bonds is 6. The van der Waals surface area contributed by atoms with Gasteiger partial charge < -0.3 is 10.1 Å². The Hall–Kier alpha value is -2.18. The Balaban J connectivity index is 2.12. The number of amides is 2. The molecule has 0 spiro atoms. The van der Waals surface area contributed by atoms with Gasteiger partial charge in [-0.05, 0) is 18.6 Å². The molecule has 21 heavy (non-hydrogen) atoms. The van der Waals surface area contributed by atoms with Crippen LogP contribution in [-0.2, 0) is 9.59 Å². The summed E-state index contributed by atoms with van der Waals surface area (Å²) in [5.74, 6) is -0.651. The van der Waals surface area contributed by atoms with E-state index in [1.54, 1.807) is 12.1 Å². The van der Waals surface area contributed by atoms with Gasteiger partial charge in [0.15, 0.2) is 0 Å². The lowest BCUT2D eigenvalue weighted by molar-refractivity contribution is -0.138. The zero-order valence-corrected chi connectivity index (χ0v) is 11.5. The Morgan fingerprint density at radius 1 is 1.38 bits per heavy atom. The van der Waals surface area contributed by atoms with Gasteiger partial charge in [0.05, 0.1) is 12.1 Å². The minimum Gasteiger partial charge on any atom is -0.433 e. The number of halogens is 2. The van der Waals surface area contributed by atoms with Crippen LogP contribution in [0.3, 0.4) is 0 Å². The molecule has 1 aromatic rings. The SMILES string of the molecule is CCCN1C(=O)CC(Nc2ccccc2OC(F)F)C1=O. The average molecular weight is 298 g/mol. The van der Waals surface area contributed by atoms with Gasteiger partial charge in [-0.1, -0.05) is 19.1 Å². The van der Waals surface area contributed by atoms with Crippen molar-refractivity contribution in [2.24, 2.45) is 0 Å². The van der Waals surface area contributed by atoms with Gasteiger partial charge in [0, 0.05) is 6.54 Å². The highest BCUT2D eigenvalue weighted by atomic mass is 19.3. The number of para-hydroxylation sites is 2. The summed E-state index contributed by atoms with van der Waals surface area (Å²) in [4.78, 5) is 25.0. The van der Waals surface area contributed by atoms with Crippen LogP contribution in [0.2, 0.25) is 0 Å². The number of benzene rings is 1. The van der Waals surface area contributed by atoms with E-state index in [2.05, 4.69) is 10.1 Å². The maximum atomic E-state index is 12.3. The minimum absolute atomic E-state index is 0.0157. The van der Waals surface area contributed by atoms with Crippen molar-refractivity contribution in [2.45, 2.75) is 32.4 Å². The first-order valence-electron chi connectivity index (χ1n) is 6.67. The lowest BCUT2D eigenvalue weighted by Crippen LogP contribution is -2.35. The standard InChI is InChI=1S/C14H16F2N2O3/c1-2-7-18-12(19)8-10(13(18)20)17-9-5-3-4-6-11(9)21-14(15)16/h3-6,10,14,17H,2,7-8H2,1H3. The lowest BCUT2D eigenvalue weighted by atomic mass is 10.2. The van der Waals surface area contributed by atoms with Crippen molar-refractivity contribution in [1.29, 1.82) is 0 Å². The molecule has 0 radical (unpaired) electrons. The molecular formula is C14H16F2N2O3. The van der Waals surface area contributed by atoms with Gasteiger partial charge in [0.2, 0.25) is 5.91 Å². The topological polar surface area (TPSA) is 58.6 Å². The molecule has 1 unspecified atom stereocenters. The molecule has 1 saturated heterocycles. The molecule has 0 saturated carbocycles. The van der Waals surface area contributed by atoms with E-state index in [1.165, 1.54) is 17.0 Å². The van der Waals surface area contributed by atoms with Gasteiger partial charge in [-0.2, -0.15) is 8.78 Å². The molecule has 1 N–H and O–H groups in total. The van der Waals surface area contributed by atoms with Crippen molar-refractivity contribution in [3.05, 3.63) is 24.3 Å². The van der Waals surface area contributed by atoms with Crippen molar-refractivity contribution in [3.63, 3.8) is 0 Å². The maximum absolute atomic E-state index is 12.3. The highest BCUT2D eigenvalue weighted by Gasteiger charge is 2.38. The van der Waals surface area contributed by atoms with Gasteiger partial charge in [-0.25, -0.2) is 0 Å². The van der Waals surface area contributed by atoms with E-state index in [9.17, 15) is 18.4 Å². The van der Waals surface area contributed by atoms with Crippen LogP contribution in [0.1, 0.15) is 19.8 Å². The number of nitrogens with one attached hydrogen (secondary N) is 1. The first-order chi connectivity index (χ1) is 10.0.